The number of nitrogens with one attached hydrogen (secondary N) is 2. The second-order valence-electron chi connectivity index (χ2n) is 5.82. The molecule has 3 rings (SSSR count). The van der Waals surface area contributed by atoms with Crippen LogP contribution in [0.5, 0.6) is 0 Å². The topological polar surface area (TPSA) is 97.9 Å². The Hall–Kier alpha value is -3.16. The third-order valence-electron chi connectivity index (χ3n) is 3.60. The summed E-state index contributed by atoms with van der Waals surface area (Å²) in [7, 11) is 0. The van der Waals surface area contributed by atoms with Gasteiger partial charge >= 0.3 is 6.03 Å². The van der Waals surface area contributed by atoms with E-state index in [1.165, 1.54) is 0 Å². The Kier molecular flexibility index (Phi) is 4.78. The van der Waals surface area contributed by atoms with Gasteiger partial charge in [0, 0.05) is 18.3 Å². The Labute approximate surface area is 145 Å². The van der Waals surface area contributed by atoms with Gasteiger partial charge in [0.25, 0.3) is 0 Å². The number of carbonyl (C=O) groups excluding carboxylic acids is 1. The SMILES string of the molecule is Cc1cc(C)n(Cc2cccc(NC(=O)NCc3noc(C)n3)c2)n1. The van der Waals surface area contributed by atoms with E-state index < -0.39 is 0 Å². The normalized spacial score (nSPS) is 10.7. The maximum absolute atomic E-state index is 12.0. The molecule has 2 aromatic heterocycles. The van der Waals surface area contributed by atoms with Crippen LogP contribution in [-0.4, -0.2) is 26.0 Å². The molecule has 0 spiro atoms. The number of benzene rings is 1. The number of hydrogen-bond acceptors (Lipinski definition) is 5. The Morgan fingerprint density at radius 2 is 2.08 bits per heavy atom. The quantitative estimate of drug-likeness (QED) is 0.744. The first-order valence-corrected chi connectivity index (χ1v) is 7.93. The van der Waals surface area contributed by atoms with E-state index in [2.05, 4.69) is 25.9 Å². The van der Waals surface area contributed by atoms with Crippen LogP contribution in [0.2, 0.25) is 0 Å². The van der Waals surface area contributed by atoms with Gasteiger partial charge in [-0.05, 0) is 37.6 Å². The monoisotopic (exact) mass is 340 g/mol. The molecule has 0 saturated carbocycles. The van der Waals surface area contributed by atoms with Crippen molar-refractivity contribution in [2.45, 2.75) is 33.9 Å². The fraction of sp³-hybridized carbons (Fsp3) is 0.294. The molecular weight excluding hydrogens is 320 g/mol. The zero-order chi connectivity index (χ0) is 17.8. The third-order valence-corrected chi connectivity index (χ3v) is 3.60. The van der Waals surface area contributed by atoms with Crippen molar-refractivity contribution >= 4 is 11.7 Å². The van der Waals surface area contributed by atoms with Gasteiger partial charge < -0.3 is 15.2 Å². The summed E-state index contributed by atoms with van der Waals surface area (Å²) in [5, 5.41) is 13.7. The van der Waals surface area contributed by atoms with E-state index in [9.17, 15) is 4.79 Å². The van der Waals surface area contributed by atoms with Gasteiger partial charge in [0.15, 0.2) is 5.82 Å². The van der Waals surface area contributed by atoms with Crippen LogP contribution in [-0.2, 0) is 13.1 Å². The number of aryl methyl sites for hydroxylation is 3. The van der Waals surface area contributed by atoms with Crippen LogP contribution in [0, 0.1) is 20.8 Å². The second-order valence-corrected chi connectivity index (χ2v) is 5.82. The number of anilines is 1. The maximum atomic E-state index is 12.0. The smallest absolute Gasteiger partial charge is 0.319 e. The average molecular weight is 340 g/mol. The van der Waals surface area contributed by atoms with E-state index >= 15 is 0 Å². The summed E-state index contributed by atoms with van der Waals surface area (Å²) in [4.78, 5) is 16.0. The highest BCUT2D eigenvalue weighted by molar-refractivity contribution is 5.89. The van der Waals surface area contributed by atoms with Gasteiger partial charge in [-0.25, -0.2) is 4.79 Å². The highest BCUT2D eigenvalue weighted by Gasteiger charge is 2.07. The molecule has 130 valence electrons. The van der Waals surface area contributed by atoms with Gasteiger partial charge in [0.2, 0.25) is 5.89 Å². The molecule has 2 heterocycles. The molecule has 8 nitrogen and oxygen atoms in total. The average Bonchev–Trinajstić information content (AvgIpc) is 3.11. The molecule has 0 saturated heterocycles. The van der Waals surface area contributed by atoms with Gasteiger partial charge in [0.05, 0.1) is 18.8 Å². The van der Waals surface area contributed by atoms with Crippen LogP contribution in [0.25, 0.3) is 0 Å². The van der Waals surface area contributed by atoms with Crippen LogP contribution >= 0.6 is 0 Å². The number of urea groups is 1. The van der Waals surface area contributed by atoms with E-state index in [0.717, 1.165) is 17.0 Å². The molecular formula is C17H20N6O2. The second kappa shape index (κ2) is 7.16. The van der Waals surface area contributed by atoms with Crippen molar-refractivity contribution in [2.24, 2.45) is 0 Å². The van der Waals surface area contributed by atoms with E-state index in [-0.39, 0.29) is 12.6 Å². The van der Waals surface area contributed by atoms with Crippen molar-refractivity contribution in [1.29, 1.82) is 0 Å². The Morgan fingerprint density at radius 1 is 1.24 bits per heavy atom. The summed E-state index contributed by atoms with van der Waals surface area (Å²) in [5.74, 6) is 0.903. The molecule has 2 N–H and O–H groups in total. The molecule has 0 aliphatic rings. The van der Waals surface area contributed by atoms with Crippen LogP contribution in [0.15, 0.2) is 34.9 Å². The molecule has 1 aromatic carbocycles. The molecule has 0 fully saturated rings. The number of rotatable bonds is 5. The van der Waals surface area contributed by atoms with Crippen molar-refractivity contribution in [3.63, 3.8) is 0 Å². The first-order chi connectivity index (χ1) is 12.0. The van der Waals surface area contributed by atoms with Gasteiger partial charge in [-0.15, -0.1) is 0 Å². The maximum Gasteiger partial charge on any atom is 0.319 e. The molecule has 0 radical (unpaired) electrons. The van der Waals surface area contributed by atoms with E-state index in [1.54, 1.807) is 6.92 Å². The largest absolute Gasteiger partial charge is 0.340 e. The van der Waals surface area contributed by atoms with Gasteiger partial charge in [-0.3, -0.25) is 4.68 Å². The van der Waals surface area contributed by atoms with E-state index in [1.807, 2.05) is 48.9 Å². The Morgan fingerprint density at radius 3 is 2.76 bits per heavy atom. The summed E-state index contributed by atoms with van der Waals surface area (Å²) in [6.45, 7) is 6.55. The fourth-order valence-electron chi connectivity index (χ4n) is 2.50. The molecule has 0 unspecified atom stereocenters. The first-order valence-electron chi connectivity index (χ1n) is 7.93. The summed E-state index contributed by atoms with van der Waals surface area (Å²) in [6, 6.07) is 9.37. The number of hydrogen-bond donors (Lipinski definition) is 2. The molecule has 0 atom stereocenters. The molecule has 8 heteroatoms. The minimum Gasteiger partial charge on any atom is -0.340 e. The number of carbonyl (C=O) groups is 1. The van der Waals surface area contributed by atoms with Gasteiger partial charge in [0.1, 0.15) is 0 Å². The number of aromatic nitrogens is 4. The molecule has 2 amide bonds. The molecule has 0 bridgehead atoms. The predicted octanol–water partition coefficient (Wildman–Crippen LogP) is 2.56. The van der Waals surface area contributed by atoms with Crippen molar-refractivity contribution in [1.82, 2.24) is 25.2 Å². The highest BCUT2D eigenvalue weighted by Crippen LogP contribution is 2.13. The fourth-order valence-corrected chi connectivity index (χ4v) is 2.50. The zero-order valence-electron chi connectivity index (χ0n) is 14.4. The van der Waals surface area contributed by atoms with Gasteiger partial charge in [-0.1, -0.05) is 17.3 Å². The van der Waals surface area contributed by atoms with Crippen molar-refractivity contribution < 1.29 is 9.32 Å². The van der Waals surface area contributed by atoms with Crippen LogP contribution in [0.1, 0.15) is 28.7 Å². The zero-order valence-corrected chi connectivity index (χ0v) is 14.4. The van der Waals surface area contributed by atoms with E-state index in [0.29, 0.717) is 23.9 Å². The van der Waals surface area contributed by atoms with Crippen LogP contribution in [0.3, 0.4) is 0 Å². The lowest BCUT2D eigenvalue weighted by Crippen LogP contribution is -2.28. The summed E-state index contributed by atoms with van der Waals surface area (Å²) < 4.78 is 6.80. The van der Waals surface area contributed by atoms with Gasteiger partial charge in [-0.2, -0.15) is 10.1 Å². The summed E-state index contributed by atoms with van der Waals surface area (Å²) in [5.41, 5.74) is 3.85. The lowest BCUT2D eigenvalue weighted by Gasteiger charge is -2.09. The van der Waals surface area contributed by atoms with Crippen molar-refractivity contribution in [3.8, 4) is 0 Å². The first kappa shape index (κ1) is 16.7. The Bertz CT molecular complexity index is 883. The molecule has 0 aliphatic carbocycles. The lowest BCUT2D eigenvalue weighted by molar-refractivity contribution is 0.251. The van der Waals surface area contributed by atoms with Crippen LogP contribution in [0.4, 0.5) is 10.5 Å². The molecule has 3 aromatic rings. The van der Waals surface area contributed by atoms with E-state index in [4.69, 9.17) is 4.52 Å². The van der Waals surface area contributed by atoms with Crippen LogP contribution < -0.4 is 10.6 Å². The summed E-state index contributed by atoms with van der Waals surface area (Å²) >= 11 is 0. The highest BCUT2D eigenvalue weighted by atomic mass is 16.5. The molecule has 25 heavy (non-hydrogen) atoms. The van der Waals surface area contributed by atoms with Crippen molar-refractivity contribution in [3.05, 3.63) is 59.0 Å². The van der Waals surface area contributed by atoms with Crippen molar-refractivity contribution in [2.75, 3.05) is 5.32 Å². The standard InChI is InChI=1S/C17H20N6O2/c1-11-7-12(2)23(21-11)10-14-5-4-6-15(8-14)20-17(24)18-9-16-19-13(3)25-22-16/h4-8H,9-10H2,1-3H3,(H2,18,20,24). The lowest BCUT2D eigenvalue weighted by atomic mass is 10.2. The summed E-state index contributed by atoms with van der Waals surface area (Å²) in [6.07, 6.45) is 0. The minimum absolute atomic E-state index is 0.203. The third kappa shape index (κ3) is 4.43. The number of amides is 2. The predicted molar refractivity (Wildman–Crippen MR) is 92.1 cm³/mol. The minimum atomic E-state index is -0.328. The Balaban J connectivity index is 1.59. The number of nitrogens with zero attached hydrogens (tertiary/aromatic N) is 4. The molecule has 0 aliphatic heterocycles.